The molecule has 1 N–H and O–H groups in total. The van der Waals surface area contributed by atoms with E-state index in [1.165, 1.54) is 11.8 Å². The summed E-state index contributed by atoms with van der Waals surface area (Å²) in [6.45, 7) is 9.41. The van der Waals surface area contributed by atoms with E-state index in [9.17, 15) is 0 Å². The van der Waals surface area contributed by atoms with Gasteiger partial charge in [-0.3, -0.25) is 5.41 Å². The maximum atomic E-state index is 7.06. The highest BCUT2D eigenvalue weighted by molar-refractivity contribution is 8.13. The van der Waals surface area contributed by atoms with E-state index in [4.69, 9.17) is 5.41 Å². The van der Waals surface area contributed by atoms with E-state index in [-0.39, 0.29) is 0 Å². The van der Waals surface area contributed by atoms with Gasteiger partial charge < -0.3 is 0 Å². The fraction of sp³-hybridized carbons (Fsp3) is 0.571. The number of hydrogen-bond acceptors (Lipinski definition) is 2. The summed E-state index contributed by atoms with van der Waals surface area (Å²) in [7, 11) is 0. The molecule has 0 aliphatic carbocycles. The lowest BCUT2D eigenvalue weighted by molar-refractivity contribution is 1.50. The lowest BCUT2D eigenvalue weighted by Gasteiger charge is -1.92. The zero-order valence-corrected chi connectivity index (χ0v) is 7.43. The summed E-state index contributed by atoms with van der Waals surface area (Å²) in [4.78, 5) is 0. The maximum absolute atomic E-state index is 7.06. The molecule has 9 heavy (non-hydrogen) atoms. The average Bonchev–Trinajstić information content (AvgIpc) is 1.91. The Bertz CT molecular complexity index is 97.1. The van der Waals surface area contributed by atoms with Crippen LogP contribution >= 0.6 is 11.8 Å². The summed E-state index contributed by atoms with van der Waals surface area (Å²) in [5.74, 6) is 0. The first-order valence-corrected chi connectivity index (χ1v) is 4.19. The van der Waals surface area contributed by atoms with Crippen LogP contribution in [0.1, 0.15) is 20.8 Å². The van der Waals surface area contributed by atoms with Gasteiger partial charge in [-0.25, -0.2) is 0 Å². The molecule has 0 radical (unpaired) electrons. The fourth-order valence-electron chi connectivity index (χ4n) is 0.174. The Labute approximate surface area is 62.1 Å². The summed E-state index contributed by atoms with van der Waals surface area (Å²) in [5, 5.41) is 7.62. The molecule has 0 aromatic carbocycles. The van der Waals surface area contributed by atoms with E-state index in [0.29, 0.717) is 5.04 Å². The van der Waals surface area contributed by atoms with Crippen LogP contribution in [0.3, 0.4) is 0 Å². The predicted molar refractivity (Wildman–Crippen MR) is 47.4 cm³/mol. The van der Waals surface area contributed by atoms with Gasteiger partial charge in [0, 0.05) is 0 Å². The van der Waals surface area contributed by atoms with Crippen LogP contribution in [0.15, 0.2) is 12.2 Å². The molecule has 0 spiro atoms. The van der Waals surface area contributed by atoms with Crippen LogP contribution in [0.5, 0.6) is 0 Å². The normalized spacial score (nSPS) is 7.11. The quantitative estimate of drug-likeness (QED) is 0.445. The first-order chi connectivity index (χ1) is 4.18. The van der Waals surface area contributed by atoms with E-state index in [1.807, 2.05) is 27.0 Å². The minimum Gasteiger partial charge on any atom is -0.294 e. The molecule has 0 atom stereocenters. The Balaban J connectivity index is 0. The Morgan fingerprint density at radius 2 is 1.78 bits per heavy atom. The molecule has 0 heterocycles. The molecular formula is C7H15NS. The molecule has 0 rings (SSSR count). The second kappa shape index (κ2) is 7.76. The van der Waals surface area contributed by atoms with Gasteiger partial charge in [0.15, 0.2) is 0 Å². The van der Waals surface area contributed by atoms with Crippen molar-refractivity contribution >= 4 is 16.8 Å². The second-order valence-corrected chi connectivity index (χ2v) is 2.13. The summed E-state index contributed by atoms with van der Waals surface area (Å²) in [6, 6.07) is 0. The topological polar surface area (TPSA) is 23.9 Å². The molecule has 0 aromatic rings. The lowest BCUT2D eigenvalue weighted by atomic mass is 10.4. The van der Waals surface area contributed by atoms with Crippen molar-refractivity contribution in [2.45, 2.75) is 20.8 Å². The van der Waals surface area contributed by atoms with E-state index < -0.39 is 0 Å². The van der Waals surface area contributed by atoms with Crippen molar-refractivity contribution in [1.29, 1.82) is 5.41 Å². The van der Waals surface area contributed by atoms with Gasteiger partial charge in [0.05, 0.1) is 5.04 Å². The van der Waals surface area contributed by atoms with Gasteiger partial charge in [-0.05, 0) is 18.8 Å². The molecule has 54 valence electrons. The van der Waals surface area contributed by atoms with Gasteiger partial charge in [0.25, 0.3) is 0 Å². The molecule has 0 unspecified atom stereocenters. The third-order valence-corrected chi connectivity index (χ3v) is 1.35. The summed E-state index contributed by atoms with van der Waals surface area (Å²) >= 11 is 1.42. The Morgan fingerprint density at radius 3 is 1.78 bits per heavy atom. The SMILES string of the molecule is C=C(C)C(=N)SC.CC. The Morgan fingerprint density at radius 1 is 1.44 bits per heavy atom. The van der Waals surface area contributed by atoms with Crippen molar-refractivity contribution in [3.8, 4) is 0 Å². The predicted octanol–water partition coefficient (Wildman–Crippen LogP) is 2.93. The van der Waals surface area contributed by atoms with Crippen molar-refractivity contribution in [2.75, 3.05) is 6.26 Å². The number of nitrogens with one attached hydrogen (secondary N) is 1. The molecule has 0 aromatic heterocycles. The van der Waals surface area contributed by atoms with Gasteiger partial charge in [0.2, 0.25) is 0 Å². The van der Waals surface area contributed by atoms with Crippen LogP contribution in [0.25, 0.3) is 0 Å². The largest absolute Gasteiger partial charge is 0.294 e. The van der Waals surface area contributed by atoms with Crippen molar-refractivity contribution in [1.82, 2.24) is 0 Å². The Kier molecular flexibility index (Phi) is 9.95. The number of hydrogen-bond donors (Lipinski definition) is 1. The van der Waals surface area contributed by atoms with Gasteiger partial charge in [0.1, 0.15) is 0 Å². The zero-order valence-electron chi connectivity index (χ0n) is 6.62. The van der Waals surface area contributed by atoms with Crippen LogP contribution in [-0.4, -0.2) is 11.3 Å². The zero-order chi connectivity index (χ0) is 7.86. The van der Waals surface area contributed by atoms with Gasteiger partial charge >= 0.3 is 0 Å². The third kappa shape index (κ3) is 7.76. The average molecular weight is 145 g/mol. The molecule has 0 saturated heterocycles. The summed E-state index contributed by atoms with van der Waals surface area (Å²) in [6.07, 6.45) is 1.87. The van der Waals surface area contributed by atoms with Crippen molar-refractivity contribution in [2.24, 2.45) is 0 Å². The highest BCUT2D eigenvalue weighted by Gasteiger charge is 1.89. The first kappa shape index (κ1) is 11.5. The minimum absolute atomic E-state index is 0.569. The standard InChI is InChI=1S/C5H9NS.C2H6/c1-4(2)5(6)7-3;1-2/h6H,1H2,2-3H3;1-2H3. The molecule has 2 heteroatoms. The van der Waals surface area contributed by atoms with Crippen molar-refractivity contribution in [3.63, 3.8) is 0 Å². The summed E-state index contributed by atoms with van der Waals surface area (Å²) in [5.41, 5.74) is 0.840. The van der Waals surface area contributed by atoms with E-state index in [0.717, 1.165) is 5.57 Å². The van der Waals surface area contributed by atoms with Crippen LogP contribution in [0.4, 0.5) is 0 Å². The van der Waals surface area contributed by atoms with Crippen LogP contribution in [-0.2, 0) is 0 Å². The Hall–Kier alpha value is -0.240. The van der Waals surface area contributed by atoms with Crippen LogP contribution in [0, 0.1) is 5.41 Å². The molecule has 0 bridgehead atoms. The number of thioether (sulfide) groups is 1. The highest BCUT2D eigenvalue weighted by Crippen LogP contribution is 2.02. The highest BCUT2D eigenvalue weighted by atomic mass is 32.2. The van der Waals surface area contributed by atoms with Gasteiger partial charge in [-0.2, -0.15) is 0 Å². The fourth-order valence-corrected chi connectivity index (χ4v) is 0.523. The molecular weight excluding hydrogens is 130 g/mol. The second-order valence-electron chi connectivity index (χ2n) is 1.31. The number of rotatable bonds is 1. The van der Waals surface area contributed by atoms with Crippen LogP contribution in [0.2, 0.25) is 0 Å². The van der Waals surface area contributed by atoms with Crippen LogP contribution < -0.4 is 0 Å². The third-order valence-electron chi connectivity index (χ3n) is 0.592. The van der Waals surface area contributed by atoms with E-state index in [2.05, 4.69) is 6.58 Å². The molecule has 0 aliphatic rings. The molecule has 0 aliphatic heterocycles. The van der Waals surface area contributed by atoms with E-state index in [1.54, 1.807) is 0 Å². The monoisotopic (exact) mass is 145 g/mol. The molecule has 0 amide bonds. The van der Waals surface area contributed by atoms with Crippen molar-refractivity contribution in [3.05, 3.63) is 12.2 Å². The van der Waals surface area contributed by atoms with Crippen molar-refractivity contribution < 1.29 is 0 Å². The molecule has 0 saturated carbocycles. The van der Waals surface area contributed by atoms with Gasteiger partial charge in [-0.1, -0.05) is 20.4 Å². The van der Waals surface area contributed by atoms with E-state index >= 15 is 0 Å². The first-order valence-electron chi connectivity index (χ1n) is 2.97. The lowest BCUT2D eigenvalue weighted by Crippen LogP contribution is -1.85. The molecule has 0 fully saturated rings. The minimum atomic E-state index is 0.569. The summed E-state index contributed by atoms with van der Waals surface area (Å²) < 4.78 is 0. The molecule has 1 nitrogen and oxygen atoms in total. The maximum Gasteiger partial charge on any atom is 0.0890 e. The van der Waals surface area contributed by atoms with Gasteiger partial charge in [-0.15, -0.1) is 11.8 Å². The smallest absolute Gasteiger partial charge is 0.0890 e.